The second-order valence-corrected chi connectivity index (χ2v) is 4.87. The molecule has 8 heteroatoms. The fourth-order valence-corrected chi connectivity index (χ4v) is 2.00. The van der Waals surface area contributed by atoms with Crippen molar-refractivity contribution in [2.75, 3.05) is 37.0 Å². The average Bonchev–Trinajstić information content (AvgIpc) is 2.38. The van der Waals surface area contributed by atoms with Crippen LogP contribution in [0.1, 0.15) is 26.5 Å². The third-order valence-electron chi connectivity index (χ3n) is 2.99. The van der Waals surface area contributed by atoms with E-state index in [1.165, 1.54) is 0 Å². The van der Waals surface area contributed by atoms with E-state index in [0.717, 1.165) is 0 Å². The Morgan fingerprint density at radius 2 is 2.10 bits per heavy atom. The van der Waals surface area contributed by atoms with Gasteiger partial charge in [0.05, 0.1) is 11.5 Å². The molecule has 0 aliphatic carbocycles. The lowest BCUT2D eigenvalue weighted by atomic mass is 10.2. The molecule has 0 radical (unpaired) electrons. The van der Waals surface area contributed by atoms with Gasteiger partial charge >= 0.3 is 5.69 Å². The third kappa shape index (κ3) is 4.25. The van der Waals surface area contributed by atoms with Crippen molar-refractivity contribution >= 4 is 17.5 Å². The number of anilines is 2. The third-order valence-corrected chi connectivity index (χ3v) is 2.99. The fraction of sp³-hybridized carbons (Fsp3) is 0.692. The maximum Gasteiger partial charge on any atom is 0.332 e. The molecule has 1 N–H and O–H groups in total. The maximum absolute atomic E-state index is 11.4. The molecule has 21 heavy (non-hydrogen) atoms. The second-order valence-electron chi connectivity index (χ2n) is 4.87. The van der Waals surface area contributed by atoms with Crippen LogP contribution in [0.25, 0.3) is 0 Å². The molecule has 0 spiro atoms. The van der Waals surface area contributed by atoms with Crippen molar-refractivity contribution in [1.82, 2.24) is 9.97 Å². The van der Waals surface area contributed by atoms with E-state index in [1.54, 1.807) is 14.0 Å². The minimum absolute atomic E-state index is 0.0542. The van der Waals surface area contributed by atoms with Crippen LogP contribution in [0.4, 0.5) is 17.5 Å². The SMILES string of the molecule is CCNc1nc(C)c([N+](=O)[O-])c(N(CCOC)C(C)C)n1. The van der Waals surface area contributed by atoms with Crippen LogP contribution in [0.5, 0.6) is 0 Å². The van der Waals surface area contributed by atoms with Gasteiger partial charge in [-0.3, -0.25) is 10.1 Å². The van der Waals surface area contributed by atoms with Gasteiger partial charge in [-0.05, 0) is 27.7 Å². The predicted octanol–water partition coefficient (Wildman–Crippen LogP) is 1.99. The largest absolute Gasteiger partial charge is 0.383 e. The molecule has 0 aliphatic rings. The van der Waals surface area contributed by atoms with E-state index in [-0.39, 0.29) is 11.7 Å². The summed E-state index contributed by atoms with van der Waals surface area (Å²) in [5, 5.41) is 14.4. The van der Waals surface area contributed by atoms with Crippen LogP contribution < -0.4 is 10.2 Å². The van der Waals surface area contributed by atoms with Gasteiger partial charge in [-0.1, -0.05) is 0 Å². The lowest BCUT2D eigenvalue weighted by Gasteiger charge is -2.27. The average molecular weight is 297 g/mol. The van der Waals surface area contributed by atoms with Crippen molar-refractivity contribution in [2.24, 2.45) is 0 Å². The summed E-state index contributed by atoms with van der Waals surface area (Å²) in [7, 11) is 1.60. The quantitative estimate of drug-likeness (QED) is 0.579. The van der Waals surface area contributed by atoms with Crippen LogP contribution in [-0.2, 0) is 4.74 Å². The maximum atomic E-state index is 11.4. The zero-order chi connectivity index (χ0) is 16.0. The van der Waals surface area contributed by atoms with Crippen molar-refractivity contribution < 1.29 is 9.66 Å². The first-order valence-corrected chi connectivity index (χ1v) is 6.94. The first-order valence-electron chi connectivity index (χ1n) is 6.94. The summed E-state index contributed by atoms with van der Waals surface area (Å²) in [6, 6.07) is 0.0580. The highest BCUT2D eigenvalue weighted by molar-refractivity contribution is 5.62. The minimum Gasteiger partial charge on any atom is -0.383 e. The highest BCUT2D eigenvalue weighted by atomic mass is 16.6. The number of methoxy groups -OCH3 is 1. The number of rotatable bonds is 8. The first kappa shape index (κ1) is 17.1. The molecule has 0 aromatic carbocycles. The van der Waals surface area contributed by atoms with Crippen molar-refractivity contribution in [2.45, 2.75) is 33.7 Å². The standard InChI is InChI=1S/C13H23N5O3/c1-6-14-13-15-10(4)11(18(19)20)12(16-13)17(9(2)3)7-8-21-5/h9H,6-8H2,1-5H3,(H,14,15,16). The van der Waals surface area contributed by atoms with Gasteiger partial charge in [0.2, 0.25) is 11.8 Å². The highest BCUT2D eigenvalue weighted by Crippen LogP contribution is 2.30. The Bertz CT molecular complexity index is 493. The summed E-state index contributed by atoms with van der Waals surface area (Å²) in [6.07, 6.45) is 0. The lowest BCUT2D eigenvalue weighted by molar-refractivity contribution is -0.385. The lowest BCUT2D eigenvalue weighted by Crippen LogP contribution is -2.35. The van der Waals surface area contributed by atoms with Gasteiger partial charge in [0, 0.05) is 26.2 Å². The second kappa shape index (κ2) is 7.72. The molecule has 0 saturated carbocycles. The predicted molar refractivity (Wildman–Crippen MR) is 81.9 cm³/mol. The molecule has 1 rings (SSSR count). The number of nitro groups is 1. The number of nitrogens with one attached hydrogen (secondary N) is 1. The number of hydrogen-bond acceptors (Lipinski definition) is 7. The van der Waals surface area contributed by atoms with Gasteiger partial charge in [0.15, 0.2) is 0 Å². The smallest absolute Gasteiger partial charge is 0.332 e. The van der Waals surface area contributed by atoms with Gasteiger partial charge < -0.3 is 15.0 Å². The molecule has 0 atom stereocenters. The van der Waals surface area contributed by atoms with E-state index in [2.05, 4.69) is 15.3 Å². The Morgan fingerprint density at radius 1 is 1.43 bits per heavy atom. The number of aromatic nitrogens is 2. The van der Waals surface area contributed by atoms with Crippen molar-refractivity contribution in [3.63, 3.8) is 0 Å². The summed E-state index contributed by atoms with van der Waals surface area (Å²) in [5.74, 6) is 0.731. The Balaban J connectivity index is 3.35. The Hall–Kier alpha value is -1.96. The molecular formula is C13H23N5O3. The molecule has 0 fully saturated rings. The molecule has 118 valence electrons. The van der Waals surface area contributed by atoms with Crippen LogP contribution in [0.3, 0.4) is 0 Å². The highest BCUT2D eigenvalue weighted by Gasteiger charge is 2.27. The summed E-state index contributed by atoms with van der Waals surface area (Å²) >= 11 is 0. The van der Waals surface area contributed by atoms with Gasteiger partial charge in [-0.25, -0.2) is 4.98 Å². The number of hydrogen-bond donors (Lipinski definition) is 1. The number of aryl methyl sites for hydroxylation is 1. The molecule has 0 bridgehead atoms. The van der Waals surface area contributed by atoms with Crippen LogP contribution in [0.2, 0.25) is 0 Å². The zero-order valence-electron chi connectivity index (χ0n) is 13.2. The molecule has 0 unspecified atom stereocenters. The topological polar surface area (TPSA) is 93.4 Å². The van der Waals surface area contributed by atoms with E-state index in [1.807, 2.05) is 25.7 Å². The van der Waals surface area contributed by atoms with Gasteiger partial charge in [-0.2, -0.15) is 4.98 Å². The van der Waals surface area contributed by atoms with E-state index < -0.39 is 4.92 Å². The van der Waals surface area contributed by atoms with Gasteiger partial charge in [-0.15, -0.1) is 0 Å². The Labute approximate surface area is 124 Å². The molecule has 1 aromatic heterocycles. The zero-order valence-corrected chi connectivity index (χ0v) is 13.2. The monoisotopic (exact) mass is 297 g/mol. The van der Waals surface area contributed by atoms with Crippen LogP contribution >= 0.6 is 0 Å². The summed E-state index contributed by atoms with van der Waals surface area (Å²) < 4.78 is 5.08. The molecule has 8 nitrogen and oxygen atoms in total. The molecule has 0 aliphatic heterocycles. The summed E-state index contributed by atoms with van der Waals surface area (Å²) in [4.78, 5) is 21.3. The summed E-state index contributed by atoms with van der Waals surface area (Å²) in [6.45, 7) is 9.11. The Morgan fingerprint density at radius 3 is 2.57 bits per heavy atom. The molecule has 0 amide bonds. The molecule has 1 aromatic rings. The van der Waals surface area contributed by atoms with Crippen molar-refractivity contribution in [3.05, 3.63) is 15.8 Å². The van der Waals surface area contributed by atoms with Crippen LogP contribution in [0.15, 0.2) is 0 Å². The molecular weight excluding hydrogens is 274 g/mol. The number of ether oxygens (including phenoxy) is 1. The normalized spacial score (nSPS) is 10.8. The van der Waals surface area contributed by atoms with Crippen molar-refractivity contribution in [1.29, 1.82) is 0 Å². The minimum atomic E-state index is -0.428. The Kier molecular flexibility index (Phi) is 6.29. The van der Waals surface area contributed by atoms with E-state index >= 15 is 0 Å². The summed E-state index contributed by atoms with van der Waals surface area (Å²) in [5.41, 5.74) is 0.297. The van der Waals surface area contributed by atoms with E-state index in [0.29, 0.717) is 37.2 Å². The van der Waals surface area contributed by atoms with Gasteiger partial charge in [0.1, 0.15) is 5.69 Å². The van der Waals surface area contributed by atoms with Gasteiger partial charge in [0.25, 0.3) is 0 Å². The molecule has 1 heterocycles. The van der Waals surface area contributed by atoms with Crippen LogP contribution in [-0.4, -0.2) is 47.7 Å². The van der Waals surface area contributed by atoms with E-state index in [9.17, 15) is 10.1 Å². The first-order chi connectivity index (χ1) is 9.92. The van der Waals surface area contributed by atoms with E-state index in [4.69, 9.17) is 4.74 Å². The number of nitrogens with zero attached hydrogens (tertiary/aromatic N) is 4. The van der Waals surface area contributed by atoms with Crippen molar-refractivity contribution in [3.8, 4) is 0 Å². The fourth-order valence-electron chi connectivity index (χ4n) is 2.00. The molecule has 0 saturated heterocycles. The van der Waals surface area contributed by atoms with Crippen LogP contribution in [0, 0.1) is 17.0 Å².